The number of hydrogen-bond acceptors (Lipinski definition) is 6. The van der Waals surface area contributed by atoms with E-state index in [4.69, 9.17) is 28.8 Å². The Kier molecular flexibility index (Phi) is 5.77. The van der Waals surface area contributed by atoms with Gasteiger partial charge in [-0.05, 0) is 35.4 Å². The average Bonchev–Trinajstić information content (AvgIpc) is 3.79. The predicted molar refractivity (Wildman–Crippen MR) is 191 cm³/mol. The van der Waals surface area contributed by atoms with Crippen LogP contribution in [0.5, 0.6) is 0 Å². The molecule has 0 unspecified atom stereocenters. The second kappa shape index (κ2) is 10.4. The van der Waals surface area contributed by atoms with E-state index in [1.165, 1.54) is 0 Å². The number of furan rings is 1. The van der Waals surface area contributed by atoms with E-state index >= 15 is 0 Å². The zero-order valence-corrected chi connectivity index (χ0v) is 25.5. The number of oxazole rings is 1. The largest absolute Gasteiger partial charge is 0.456 e. The molecule has 0 spiro atoms. The summed E-state index contributed by atoms with van der Waals surface area (Å²) in [6.45, 7) is 0. The molecule has 224 valence electrons. The summed E-state index contributed by atoms with van der Waals surface area (Å²) in [7, 11) is 0. The highest BCUT2D eigenvalue weighted by molar-refractivity contribution is 6.31. The van der Waals surface area contributed by atoms with Crippen LogP contribution in [-0.2, 0) is 0 Å². The SMILES string of the molecule is c1ccc(-c2ccc(-c3nc(-c4ccccc4)nc(-c4cccc(-c5nc6c7cccc8oc9cccc(c6o5)c9c87)c4)n3)cc2)cc1. The zero-order valence-electron chi connectivity index (χ0n) is 25.5. The first kappa shape index (κ1) is 26.5. The molecule has 0 N–H and O–H groups in total. The highest BCUT2D eigenvalue weighted by atomic mass is 16.3. The second-order valence-electron chi connectivity index (χ2n) is 11.9. The molecule has 0 radical (unpaired) electrons. The molecule has 3 heterocycles. The van der Waals surface area contributed by atoms with Crippen LogP contribution in [0, 0.1) is 0 Å². The van der Waals surface area contributed by atoms with E-state index in [9.17, 15) is 0 Å². The van der Waals surface area contributed by atoms with E-state index in [0.29, 0.717) is 23.4 Å². The topological polar surface area (TPSA) is 77.8 Å². The molecule has 0 fully saturated rings. The van der Waals surface area contributed by atoms with Gasteiger partial charge in [-0.1, -0.05) is 121 Å². The molecule has 6 nitrogen and oxygen atoms in total. The summed E-state index contributed by atoms with van der Waals surface area (Å²) in [6, 6.07) is 48.9. The van der Waals surface area contributed by atoms with Gasteiger partial charge in [0.2, 0.25) is 5.89 Å². The Balaban J connectivity index is 1.11. The maximum atomic E-state index is 6.56. The fourth-order valence-corrected chi connectivity index (χ4v) is 6.65. The number of fused-ring (bicyclic) bond motifs is 3. The van der Waals surface area contributed by atoms with Crippen molar-refractivity contribution in [3.63, 3.8) is 0 Å². The third kappa shape index (κ3) is 4.20. The Bertz CT molecular complexity index is 2680. The zero-order chi connectivity index (χ0) is 31.6. The van der Waals surface area contributed by atoms with E-state index in [1.807, 2.05) is 97.1 Å². The summed E-state index contributed by atoms with van der Waals surface area (Å²) < 4.78 is 12.7. The van der Waals surface area contributed by atoms with Crippen molar-refractivity contribution in [3.05, 3.63) is 146 Å². The normalized spacial score (nSPS) is 11.8. The minimum Gasteiger partial charge on any atom is -0.456 e. The summed E-state index contributed by atoms with van der Waals surface area (Å²) in [5.74, 6) is 2.32. The summed E-state index contributed by atoms with van der Waals surface area (Å²) in [6.07, 6.45) is 0. The molecule has 10 aromatic rings. The van der Waals surface area contributed by atoms with Crippen molar-refractivity contribution in [2.24, 2.45) is 0 Å². The monoisotopic (exact) mass is 616 g/mol. The molecule has 0 aliphatic rings. The molecule has 7 aromatic carbocycles. The molecule has 6 heteroatoms. The van der Waals surface area contributed by atoms with Gasteiger partial charge < -0.3 is 8.83 Å². The third-order valence-corrected chi connectivity index (χ3v) is 8.93. The lowest BCUT2D eigenvalue weighted by atomic mass is 10.0. The molecule has 0 aliphatic heterocycles. The Hall–Kier alpha value is -6.66. The molecular formula is C42H24N4O2. The fraction of sp³-hybridized carbons (Fsp3) is 0. The van der Waals surface area contributed by atoms with Crippen LogP contribution in [0.25, 0.3) is 101 Å². The van der Waals surface area contributed by atoms with Crippen molar-refractivity contribution in [2.45, 2.75) is 0 Å². The molecular weight excluding hydrogens is 592 g/mol. The lowest BCUT2D eigenvalue weighted by molar-refractivity contribution is 0.623. The molecule has 0 bridgehead atoms. The minimum atomic E-state index is 0.534. The fourth-order valence-electron chi connectivity index (χ4n) is 6.65. The molecule has 0 amide bonds. The van der Waals surface area contributed by atoms with E-state index < -0.39 is 0 Å². The average molecular weight is 617 g/mol. The number of hydrogen-bond donors (Lipinski definition) is 0. The quantitative estimate of drug-likeness (QED) is 0.179. The molecule has 0 atom stereocenters. The van der Waals surface area contributed by atoms with Crippen molar-refractivity contribution in [3.8, 4) is 56.7 Å². The second-order valence-corrected chi connectivity index (χ2v) is 11.9. The first-order chi connectivity index (χ1) is 23.8. The van der Waals surface area contributed by atoms with E-state index in [-0.39, 0.29) is 0 Å². The van der Waals surface area contributed by atoms with Gasteiger partial charge in [0.25, 0.3) is 0 Å². The molecule has 3 aromatic heterocycles. The van der Waals surface area contributed by atoms with Gasteiger partial charge in [0.15, 0.2) is 23.1 Å². The Morgan fingerprint density at radius 1 is 0.354 bits per heavy atom. The van der Waals surface area contributed by atoms with Crippen molar-refractivity contribution in [2.75, 3.05) is 0 Å². The van der Waals surface area contributed by atoms with Crippen molar-refractivity contribution < 1.29 is 8.83 Å². The van der Waals surface area contributed by atoms with Crippen molar-refractivity contribution in [1.82, 2.24) is 19.9 Å². The first-order valence-electron chi connectivity index (χ1n) is 15.8. The van der Waals surface area contributed by atoms with Gasteiger partial charge in [0.1, 0.15) is 16.7 Å². The van der Waals surface area contributed by atoms with Crippen LogP contribution in [-0.4, -0.2) is 19.9 Å². The Morgan fingerprint density at radius 2 is 0.854 bits per heavy atom. The molecule has 0 saturated carbocycles. The van der Waals surface area contributed by atoms with Crippen molar-refractivity contribution in [1.29, 1.82) is 0 Å². The van der Waals surface area contributed by atoms with Gasteiger partial charge in [-0.15, -0.1) is 0 Å². The lowest BCUT2D eigenvalue weighted by Crippen LogP contribution is -2.00. The van der Waals surface area contributed by atoms with Gasteiger partial charge >= 0.3 is 0 Å². The molecule has 0 saturated heterocycles. The summed E-state index contributed by atoms with van der Waals surface area (Å²) >= 11 is 0. The standard InChI is InChI=1S/C42H24N4O2/c1-3-10-25(11-4-1)26-20-22-28(23-21-26)40-44-39(27-12-5-2-6-13-27)45-41(46-40)29-14-7-15-30(24-29)42-43-37-31-16-8-18-33-35(31)36-32(38(37)48-42)17-9-19-34(36)47-33/h1-24H. The van der Waals surface area contributed by atoms with Gasteiger partial charge in [0.05, 0.1) is 0 Å². The van der Waals surface area contributed by atoms with E-state index in [0.717, 1.165) is 77.2 Å². The predicted octanol–water partition coefficient (Wildman–Crippen LogP) is 10.8. The molecule has 10 rings (SSSR count). The lowest BCUT2D eigenvalue weighted by Gasteiger charge is -2.09. The van der Waals surface area contributed by atoms with Crippen LogP contribution >= 0.6 is 0 Å². The van der Waals surface area contributed by atoms with Crippen LogP contribution in [0.2, 0.25) is 0 Å². The van der Waals surface area contributed by atoms with Gasteiger partial charge in [0, 0.05) is 43.8 Å². The van der Waals surface area contributed by atoms with Crippen LogP contribution in [0.3, 0.4) is 0 Å². The Labute approximate surface area is 274 Å². The number of benzene rings is 7. The van der Waals surface area contributed by atoms with Crippen LogP contribution in [0.4, 0.5) is 0 Å². The number of nitrogens with zero attached hydrogens (tertiary/aromatic N) is 4. The first-order valence-corrected chi connectivity index (χ1v) is 15.8. The molecule has 48 heavy (non-hydrogen) atoms. The highest BCUT2D eigenvalue weighted by Gasteiger charge is 2.22. The summed E-state index contributed by atoms with van der Waals surface area (Å²) in [5, 5.41) is 4.14. The molecule has 0 aliphatic carbocycles. The smallest absolute Gasteiger partial charge is 0.227 e. The van der Waals surface area contributed by atoms with Crippen LogP contribution < -0.4 is 0 Å². The van der Waals surface area contributed by atoms with E-state index in [2.05, 4.69) is 48.5 Å². The minimum absolute atomic E-state index is 0.534. The number of aromatic nitrogens is 4. The van der Waals surface area contributed by atoms with E-state index in [1.54, 1.807) is 0 Å². The third-order valence-electron chi connectivity index (χ3n) is 8.93. The summed E-state index contributed by atoms with van der Waals surface area (Å²) in [5.41, 5.74) is 9.05. The maximum absolute atomic E-state index is 6.56. The maximum Gasteiger partial charge on any atom is 0.227 e. The van der Waals surface area contributed by atoms with Crippen LogP contribution in [0.1, 0.15) is 0 Å². The van der Waals surface area contributed by atoms with Crippen LogP contribution in [0.15, 0.2) is 154 Å². The Morgan fingerprint density at radius 3 is 1.56 bits per heavy atom. The van der Waals surface area contributed by atoms with Crippen molar-refractivity contribution >= 4 is 43.8 Å². The van der Waals surface area contributed by atoms with Gasteiger partial charge in [-0.3, -0.25) is 0 Å². The summed E-state index contributed by atoms with van der Waals surface area (Å²) in [4.78, 5) is 19.9. The highest BCUT2D eigenvalue weighted by Crippen LogP contribution is 2.43. The van der Waals surface area contributed by atoms with Gasteiger partial charge in [-0.2, -0.15) is 0 Å². The number of rotatable bonds is 5. The van der Waals surface area contributed by atoms with Gasteiger partial charge in [-0.25, -0.2) is 19.9 Å².